The van der Waals surface area contributed by atoms with Crippen molar-refractivity contribution in [1.29, 1.82) is 0 Å². The molecule has 3 aromatic rings. The molecule has 1 aromatic heterocycles. The van der Waals surface area contributed by atoms with E-state index in [1.807, 2.05) is 22.4 Å². The second-order valence-corrected chi connectivity index (χ2v) is 10.3. The SMILES string of the molecule is CC1CC(C)CN(C(=O)c2ccccc2NC(=O)Cc2csc(COc3ccc(Cl)cc3)n2)C1. The van der Waals surface area contributed by atoms with E-state index in [0.717, 1.165) is 24.5 Å². The highest BCUT2D eigenvalue weighted by Crippen LogP contribution is 2.25. The molecule has 8 heteroatoms. The summed E-state index contributed by atoms with van der Waals surface area (Å²) in [4.78, 5) is 32.4. The summed E-state index contributed by atoms with van der Waals surface area (Å²) in [6.45, 7) is 6.15. The lowest BCUT2D eigenvalue weighted by Gasteiger charge is -2.35. The molecule has 2 heterocycles. The van der Waals surface area contributed by atoms with Crippen LogP contribution in [0.4, 0.5) is 5.69 Å². The number of aromatic nitrogens is 1. The lowest BCUT2D eigenvalue weighted by molar-refractivity contribution is -0.115. The van der Waals surface area contributed by atoms with E-state index in [1.165, 1.54) is 11.3 Å². The van der Waals surface area contributed by atoms with Crippen LogP contribution < -0.4 is 10.1 Å². The van der Waals surface area contributed by atoms with Gasteiger partial charge in [0.2, 0.25) is 5.91 Å². The first-order valence-corrected chi connectivity index (χ1v) is 12.6. The Hall–Kier alpha value is -2.90. The second kappa shape index (κ2) is 11.0. The van der Waals surface area contributed by atoms with Crippen molar-refractivity contribution >= 4 is 40.4 Å². The maximum atomic E-state index is 13.2. The number of amides is 2. The van der Waals surface area contributed by atoms with Gasteiger partial charge in [0.25, 0.3) is 5.91 Å². The van der Waals surface area contributed by atoms with Gasteiger partial charge in [-0.15, -0.1) is 11.3 Å². The Kier molecular flexibility index (Phi) is 7.85. The van der Waals surface area contributed by atoms with Gasteiger partial charge in [0.15, 0.2) is 0 Å². The highest BCUT2D eigenvalue weighted by Gasteiger charge is 2.27. The van der Waals surface area contributed by atoms with Crippen molar-refractivity contribution in [2.75, 3.05) is 18.4 Å². The molecule has 6 nitrogen and oxygen atoms in total. The molecule has 0 radical (unpaired) electrons. The number of hydrogen-bond donors (Lipinski definition) is 1. The number of likely N-dealkylation sites (tertiary alicyclic amines) is 1. The van der Waals surface area contributed by atoms with Crippen molar-refractivity contribution in [3.63, 3.8) is 0 Å². The van der Waals surface area contributed by atoms with Gasteiger partial charge < -0.3 is 15.0 Å². The normalized spacial score (nSPS) is 17.9. The van der Waals surface area contributed by atoms with Crippen LogP contribution in [0.5, 0.6) is 5.75 Å². The third kappa shape index (κ3) is 6.36. The summed E-state index contributed by atoms with van der Waals surface area (Å²) in [5.41, 5.74) is 1.72. The van der Waals surface area contributed by atoms with Gasteiger partial charge in [-0.3, -0.25) is 9.59 Å². The van der Waals surface area contributed by atoms with Gasteiger partial charge in [-0.05, 0) is 54.7 Å². The van der Waals surface area contributed by atoms with Crippen molar-refractivity contribution in [2.24, 2.45) is 11.8 Å². The minimum atomic E-state index is -0.212. The number of anilines is 1. The molecule has 1 fully saturated rings. The summed E-state index contributed by atoms with van der Waals surface area (Å²) < 4.78 is 5.72. The molecule has 1 N–H and O–H groups in total. The number of halogens is 1. The molecule has 178 valence electrons. The Morgan fingerprint density at radius 2 is 1.82 bits per heavy atom. The average molecular weight is 498 g/mol. The van der Waals surface area contributed by atoms with E-state index in [2.05, 4.69) is 24.1 Å². The Morgan fingerprint density at radius 1 is 1.12 bits per heavy atom. The lowest BCUT2D eigenvalue weighted by Crippen LogP contribution is -2.42. The van der Waals surface area contributed by atoms with E-state index < -0.39 is 0 Å². The molecule has 2 aromatic carbocycles. The Balaban J connectivity index is 1.35. The summed E-state index contributed by atoms with van der Waals surface area (Å²) in [6.07, 6.45) is 1.25. The fourth-order valence-corrected chi connectivity index (χ4v) is 5.14. The summed E-state index contributed by atoms with van der Waals surface area (Å²) >= 11 is 7.34. The predicted molar refractivity (Wildman–Crippen MR) is 136 cm³/mol. The zero-order valence-corrected chi connectivity index (χ0v) is 20.9. The van der Waals surface area contributed by atoms with Gasteiger partial charge in [-0.25, -0.2) is 4.98 Å². The van der Waals surface area contributed by atoms with Gasteiger partial charge in [0.1, 0.15) is 17.4 Å². The van der Waals surface area contributed by atoms with Crippen molar-refractivity contribution in [3.8, 4) is 5.75 Å². The minimum absolute atomic E-state index is 0.0374. The van der Waals surface area contributed by atoms with E-state index in [0.29, 0.717) is 46.2 Å². The maximum absolute atomic E-state index is 13.2. The van der Waals surface area contributed by atoms with Crippen LogP contribution in [0.1, 0.15) is 41.3 Å². The smallest absolute Gasteiger partial charge is 0.255 e. The monoisotopic (exact) mass is 497 g/mol. The lowest BCUT2D eigenvalue weighted by atomic mass is 9.91. The molecule has 0 aliphatic carbocycles. The summed E-state index contributed by atoms with van der Waals surface area (Å²) in [6, 6.07) is 14.3. The molecule has 4 rings (SSSR count). The largest absolute Gasteiger partial charge is 0.486 e. The molecule has 1 aliphatic heterocycles. The number of nitrogens with one attached hydrogen (secondary N) is 1. The first-order chi connectivity index (χ1) is 16.4. The van der Waals surface area contributed by atoms with Crippen LogP contribution in [-0.2, 0) is 17.8 Å². The quantitative estimate of drug-likeness (QED) is 0.456. The number of carbonyl (C=O) groups is 2. The fraction of sp³-hybridized carbons (Fsp3) is 0.346. The predicted octanol–water partition coefficient (Wildman–Crippen LogP) is 5.67. The number of carbonyl (C=O) groups excluding carboxylic acids is 2. The van der Waals surface area contributed by atoms with Crippen LogP contribution in [0.3, 0.4) is 0 Å². The zero-order valence-electron chi connectivity index (χ0n) is 19.3. The molecule has 0 saturated carbocycles. The summed E-state index contributed by atoms with van der Waals surface area (Å²) in [7, 11) is 0. The number of hydrogen-bond acceptors (Lipinski definition) is 5. The van der Waals surface area contributed by atoms with E-state index in [1.54, 1.807) is 36.4 Å². The summed E-state index contributed by atoms with van der Waals surface area (Å²) in [5, 5.41) is 6.19. The highest BCUT2D eigenvalue weighted by molar-refractivity contribution is 7.09. The van der Waals surface area contributed by atoms with Crippen molar-refractivity contribution in [3.05, 3.63) is 75.2 Å². The topological polar surface area (TPSA) is 71.5 Å². The molecular formula is C26H28ClN3O3S. The maximum Gasteiger partial charge on any atom is 0.255 e. The standard InChI is InChI=1S/C26H28ClN3O3S/c1-17-11-18(2)14-30(13-17)26(32)22-5-3-4-6-23(22)29-24(31)12-20-16-34-25(28-20)15-33-21-9-7-19(27)8-10-21/h3-10,16-18H,11-15H2,1-2H3,(H,29,31). The Morgan fingerprint density at radius 3 is 2.56 bits per heavy atom. The van der Waals surface area contributed by atoms with Gasteiger partial charge in [0.05, 0.1) is 23.4 Å². The van der Waals surface area contributed by atoms with Gasteiger partial charge in [-0.2, -0.15) is 0 Å². The molecule has 1 aliphatic rings. The molecule has 1 saturated heterocycles. The average Bonchev–Trinajstić information content (AvgIpc) is 3.25. The number of nitrogens with zero attached hydrogens (tertiary/aromatic N) is 2. The van der Waals surface area contributed by atoms with Crippen LogP contribution in [0.2, 0.25) is 5.02 Å². The zero-order chi connectivity index (χ0) is 24.1. The Bertz CT molecular complexity index is 1140. The van der Waals surface area contributed by atoms with E-state index in [9.17, 15) is 9.59 Å². The van der Waals surface area contributed by atoms with Gasteiger partial charge in [0, 0.05) is 23.5 Å². The molecule has 34 heavy (non-hydrogen) atoms. The molecule has 2 atom stereocenters. The number of rotatable bonds is 7. The molecule has 0 spiro atoms. The molecule has 2 amide bonds. The fourth-order valence-electron chi connectivity index (χ4n) is 4.31. The summed E-state index contributed by atoms with van der Waals surface area (Å²) in [5.74, 6) is 1.40. The van der Waals surface area contributed by atoms with E-state index >= 15 is 0 Å². The number of ether oxygens (including phenoxy) is 1. The first-order valence-electron chi connectivity index (χ1n) is 11.4. The molecular weight excluding hydrogens is 470 g/mol. The van der Waals surface area contributed by atoms with Crippen molar-refractivity contribution in [2.45, 2.75) is 33.3 Å². The molecule has 2 unspecified atom stereocenters. The van der Waals surface area contributed by atoms with Crippen LogP contribution >= 0.6 is 22.9 Å². The number of benzene rings is 2. The number of para-hydroxylation sites is 1. The number of piperidine rings is 1. The van der Waals surface area contributed by atoms with Crippen LogP contribution in [0, 0.1) is 11.8 Å². The minimum Gasteiger partial charge on any atom is -0.486 e. The third-order valence-electron chi connectivity index (χ3n) is 5.70. The van der Waals surface area contributed by atoms with Crippen LogP contribution in [0.15, 0.2) is 53.9 Å². The van der Waals surface area contributed by atoms with E-state index in [-0.39, 0.29) is 18.2 Å². The Labute approximate surface area is 208 Å². The van der Waals surface area contributed by atoms with E-state index in [4.69, 9.17) is 16.3 Å². The van der Waals surface area contributed by atoms with Crippen LogP contribution in [-0.4, -0.2) is 34.8 Å². The second-order valence-electron chi connectivity index (χ2n) is 8.90. The number of thiazole rings is 1. The highest BCUT2D eigenvalue weighted by atomic mass is 35.5. The third-order valence-corrected chi connectivity index (χ3v) is 6.83. The van der Waals surface area contributed by atoms with Crippen LogP contribution in [0.25, 0.3) is 0 Å². The van der Waals surface area contributed by atoms with Crippen molar-refractivity contribution < 1.29 is 14.3 Å². The molecule has 0 bridgehead atoms. The van der Waals surface area contributed by atoms with Crippen molar-refractivity contribution in [1.82, 2.24) is 9.88 Å². The first kappa shape index (κ1) is 24.2. The van der Waals surface area contributed by atoms with Gasteiger partial charge >= 0.3 is 0 Å². The van der Waals surface area contributed by atoms with Gasteiger partial charge in [-0.1, -0.05) is 37.6 Å².